The molecule has 5 nitrogen and oxygen atoms in total. The van der Waals surface area contributed by atoms with Crippen LogP contribution in [-0.2, 0) is 9.59 Å². The van der Waals surface area contributed by atoms with E-state index in [4.69, 9.17) is 5.73 Å². The Hall–Kier alpha value is -0.810. The van der Waals surface area contributed by atoms with E-state index in [1.165, 1.54) is 19.8 Å². The molecule has 0 aromatic heterocycles. The van der Waals surface area contributed by atoms with Gasteiger partial charge in [-0.1, -0.05) is 6.42 Å². The quantitative estimate of drug-likeness (QED) is 0.562. The Bertz CT molecular complexity index is 322. The Morgan fingerprint density at radius 1 is 1.25 bits per heavy atom. The lowest BCUT2D eigenvalue weighted by atomic mass is 9.95. The van der Waals surface area contributed by atoms with Crippen LogP contribution in [-0.4, -0.2) is 30.4 Å². The number of unbranched alkanes of at least 4 members (excludes halogenated alkanes) is 2. The van der Waals surface area contributed by atoms with E-state index in [0.717, 1.165) is 19.3 Å². The second-order valence-electron chi connectivity index (χ2n) is 5.74. The maximum atomic E-state index is 11.9. The van der Waals surface area contributed by atoms with Crippen molar-refractivity contribution in [2.24, 2.45) is 11.7 Å². The summed E-state index contributed by atoms with van der Waals surface area (Å²) in [7, 11) is 0. The number of halogens is 1. The van der Waals surface area contributed by atoms with Crippen LogP contribution >= 0.6 is 12.4 Å². The molecule has 4 N–H and O–H groups in total. The molecule has 0 aromatic carbocycles. The monoisotopic (exact) mass is 305 g/mol. The van der Waals surface area contributed by atoms with Crippen molar-refractivity contribution in [1.29, 1.82) is 0 Å². The molecular formula is C14H28ClN3O2. The fraction of sp³-hybridized carbons (Fsp3) is 0.857. The van der Waals surface area contributed by atoms with Gasteiger partial charge in [0.1, 0.15) is 0 Å². The number of carbonyl (C=O) groups excluding carboxylic acids is 2. The molecule has 6 heteroatoms. The van der Waals surface area contributed by atoms with E-state index in [0.29, 0.717) is 25.4 Å². The standard InChI is InChI=1S/C14H27N3O2.ClH/c1-11(18)16-9-5-3-4-6-13(19)17-14(2,10-15)12-7-8-12;/h12H,3-10,15H2,1-2H3,(H,16,18)(H,17,19);1H. The van der Waals surface area contributed by atoms with Crippen molar-refractivity contribution in [2.45, 2.75) is 57.9 Å². The van der Waals surface area contributed by atoms with Crippen LogP contribution in [0.5, 0.6) is 0 Å². The third-order valence-corrected chi connectivity index (χ3v) is 3.78. The van der Waals surface area contributed by atoms with Gasteiger partial charge in [-0.2, -0.15) is 0 Å². The highest BCUT2D eigenvalue weighted by molar-refractivity contribution is 5.85. The smallest absolute Gasteiger partial charge is 0.220 e. The van der Waals surface area contributed by atoms with E-state index in [-0.39, 0.29) is 29.8 Å². The summed E-state index contributed by atoms with van der Waals surface area (Å²) >= 11 is 0. The molecule has 0 aliphatic heterocycles. The summed E-state index contributed by atoms with van der Waals surface area (Å²) in [6.07, 6.45) is 5.62. The zero-order valence-corrected chi connectivity index (χ0v) is 13.4. The summed E-state index contributed by atoms with van der Waals surface area (Å²) in [6, 6.07) is 0. The summed E-state index contributed by atoms with van der Waals surface area (Å²) in [6.45, 7) is 4.75. The van der Waals surface area contributed by atoms with Gasteiger partial charge in [-0.25, -0.2) is 0 Å². The molecule has 1 aliphatic carbocycles. The predicted octanol–water partition coefficient (Wildman–Crippen LogP) is 1.35. The fourth-order valence-corrected chi connectivity index (χ4v) is 2.27. The highest BCUT2D eigenvalue weighted by atomic mass is 35.5. The van der Waals surface area contributed by atoms with E-state index in [1.807, 2.05) is 6.92 Å². The maximum absolute atomic E-state index is 11.9. The molecule has 0 heterocycles. The van der Waals surface area contributed by atoms with E-state index < -0.39 is 0 Å². The van der Waals surface area contributed by atoms with Gasteiger partial charge in [-0.05, 0) is 38.5 Å². The first-order valence-electron chi connectivity index (χ1n) is 7.23. The zero-order chi connectivity index (χ0) is 14.3. The Balaban J connectivity index is 0.00000361. The van der Waals surface area contributed by atoms with Crippen LogP contribution in [0.25, 0.3) is 0 Å². The highest BCUT2D eigenvalue weighted by Gasteiger charge is 2.41. The van der Waals surface area contributed by atoms with Crippen LogP contribution in [0, 0.1) is 5.92 Å². The van der Waals surface area contributed by atoms with E-state index in [1.54, 1.807) is 0 Å². The number of hydrogen-bond acceptors (Lipinski definition) is 3. The van der Waals surface area contributed by atoms with Crippen LogP contribution < -0.4 is 16.4 Å². The van der Waals surface area contributed by atoms with E-state index in [2.05, 4.69) is 10.6 Å². The van der Waals surface area contributed by atoms with E-state index >= 15 is 0 Å². The minimum atomic E-state index is -0.215. The molecular weight excluding hydrogens is 278 g/mol. The normalized spacial score (nSPS) is 16.8. The Labute approximate surface area is 127 Å². The van der Waals surface area contributed by atoms with Gasteiger partial charge < -0.3 is 16.4 Å². The average Bonchev–Trinajstić information content (AvgIpc) is 3.17. The van der Waals surface area contributed by atoms with Crippen molar-refractivity contribution in [3.63, 3.8) is 0 Å². The number of nitrogens with one attached hydrogen (secondary N) is 2. The third kappa shape index (κ3) is 7.10. The molecule has 1 fully saturated rings. The van der Waals surface area contributed by atoms with Gasteiger partial charge in [0.05, 0.1) is 5.54 Å². The van der Waals surface area contributed by atoms with Crippen molar-refractivity contribution in [3.05, 3.63) is 0 Å². The summed E-state index contributed by atoms with van der Waals surface area (Å²) in [5.74, 6) is 0.654. The van der Waals surface area contributed by atoms with Crippen LogP contribution in [0.4, 0.5) is 0 Å². The predicted molar refractivity (Wildman–Crippen MR) is 82.7 cm³/mol. The second kappa shape index (κ2) is 9.19. The summed E-state index contributed by atoms with van der Waals surface area (Å²) in [4.78, 5) is 22.5. The number of hydrogen-bond donors (Lipinski definition) is 3. The van der Waals surface area contributed by atoms with E-state index in [9.17, 15) is 9.59 Å². The van der Waals surface area contributed by atoms with Gasteiger partial charge in [0.25, 0.3) is 0 Å². The molecule has 0 radical (unpaired) electrons. The summed E-state index contributed by atoms with van der Waals surface area (Å²) in [5, 5.41) is 5.83. The van der Waals surface area contributed by atoms with Crippen molar-refractivity contribution in [1.82, 2.24) is 10.6 Å². The molecule has 0 bridgehead atoms. The fourth-order valence-electron chi connectivity index (χ4n) is 2.27. The average molecular weight is 306 g/mol. The van der Waals surface area contributed by atoms with Crippen molar-refractivity contribution in [2.75, 3.05) is 13.1 Å². The minimum Gasteiger partial charge on any atom is -0.356 e. The van der Waals surface area contributed by atoms with Gasteiger partial charge in [0, 0.05) is 26.4 Å². The Kier molecular flexibility index (Phi) is 8.81. The van der Waals surface area contributed by atoms with Gasteiger partial charge >= 0.3 is 0 Å². The molecule has 0 saturated heterocycles. The van der Waals surface area contributed by atoms with Crippen LogP contribution in [0.15, 0.2) is 0 Å². The zero-order valence-electron chi connectivity index (χ0n) is 12.5. The number of carbonyl (C=O) groups is 2. The maximum Gasteiger partial charge on any atom is 0.220 e. The lowest BCUT2D eigenvalue weighted by Crippen LogP contribution is -2.53. The van der Waals surface area contributed by atoms with Gasteiger partial charge in [-0.15, -0.1) is 12.4 Å². The molecule has 1 atom stereocenters. The first kappa shape index (κ1) is 19.2. The van der Waals surface area contributed by atoms with Gasteiger partial charge in [0.2, 0.25) is 11.8 Å². The Morgan fingerprint density at radius 2 is 1.90 bits per heavy atom. The molecule has 0 spiro atoms. The largest absolute Gasteiger partial charge is 0.356 e. The summed E-state index contributed by atoms with van der Waals surface area (Å²) < 4.78 is 0. The van der Waals surface area contributed by atoms with Crippen LogP contribution in [0.2, 0.25) is 0 Å². The van der Waals surface area contributed by atoms with Crippen LogP contribution in [0.1, 0.15) is 52.4 Å². The van der Waals surface area contributed by atoms with Crippen molar-refractivity contribution >= 4 is 24.2 Å². The number of rotatable bonds is 9. The first-order valence-corrected chi connectivity index (χ1v) is 7.23. The third-order valence-electron chi connectivity index (χ3n) is 3.78. The molecule has 1 rings (SSSR count). The molecule has 2 amide bonds. The van der Waals surface area contributed by atoms with Gasteiger partial charge in [0.15, 0.2) is 0 Å². The highest BCUT2D eigenvalue weighted by Crippen LogP contribution is 2.38. The molecule has 1 unspecified atom stereocenters. The Morgan fingerprint density at radius 3 is 2.40 bits per heavy atom. The molecule has 20 heavy (non-hydrogen) atoms. The molecule has 118 valence electrons. The topological polar surface area (TPSA) is 84.2 Å². The lowest BCUT2D eigenvalue weighted by Gasteiger charge is -2.29. The van der Waals surface area contributed by atoms with Crippen molar-refractivity contribution < 1.29 is 9.59 Å². The molecule has 1 saturated carbocycles. The second-order valence-corrected chi connectivity index (χ2v) is 5.74. The molecule has 0 aromatic rings. The SMILES string of the molecule is CC(=O)NCCCCCC(=O)NC(C)(CN)C1CC1.Cl. The minimum absolute atomic E-state index is 0. The first-order chi connectivity index (χ1) is 8.98. The lowest BCUT2D eigenvalue weighted by molar-refractivity contribution is -0.123. The number of amides is 2. The number of nitrogens with two attached hydrogens (primary N) is 1. The van der Waals surface area contributed by atoms with Crippen LogP contribution in [0.3, 0.4) is 0 Å². The summed E-state index contributed by atoms with van der Waals surface area (Å²) in [5.41, 5.74) is 5.55. The van der Waals surface area contributed by atoms with Gasteiger partial charge in [-0.3, -0.25) is 9.59 Å². The van der Waals surface area contributed by atoms with Crippen molar-refractivity contribution in [3.8, 4) is 0 Å². The molecule has 1 aliphatic rings.